The molecule has 2 nitrogen and oxygen atoms in total. The minimum Gasteiger partial charge on any atom is -0.396 e. The van der Waals surface area contributed by atoms with Crippen molar-refractivity contribution in [1.82, 2.24) is 5.32 Å². The van der Waals surface area contributed by atoms with E-state index in [2.05, 4.69) is 67.7 Å². The van der Waals surface area contributed by atoms with Crippen molar-refractivity contribution >= 4 is 0 Å². The van der Waals surface area contributed by atoms with E-state index in [-0.39, 0.29) is 12.6 Å². The number of nitrogens with one attached hydrogen (secondary N) is 1. The molecule has 2 aromatic rings. The lowest BCUT2D eigenvalue weighted by molar-refractivity contribution is 0.271. The van der Waals surface area contributed by atoms with Crippen molar-refractivity contribution in [2.45, 2.75) is 45.2 Å². The lowest BCUT2D eigenvalue weighted by Gasteiger charge is -2.26. The smallest absolute Gasteiger partial charge is 0.0431 e. The highest BCUT2D eigenvalue weighted by Crippen LogP contribution is 2.25. The lowest BCUT2D eigenvalue weighted by atomic mass is 9.97. The molecule has 118 valence electrons. The molecule has 0 aliphatic carbocycles. The third kappa shape index (κ3) is 4.69. The molecule has 2 atom stereocenters. The van der Waals surface area contributed by atoms with Gasteiger partial charge in [-0.1, -0.05) is 67.1 Å². The minimum atomic E-state index is 0.242. The van der Waals surface area contributed by atoms with Crippen LogP contribution in [0.5, 0.6) is 0 Å². The van der Waals surface area contributed by atoms with Crippen LogP contribution in [-0.4, -0.2) is 11.7 Å². The van der Waals surface area contributed by atoms with Crippen LogP contribution in [0.4, 0.5) is 0 Å². The van der Waals surface area contributed by atoms with Crippen LogP contribution >= 0.6 is 0 Å². The van der Waals surface area contributed by atoms with E-state index in [0.717, 1.165) is 19.3 Å². The molecular formula is C20H27NO. The first kappa shape index (κ1) is 16.7. The number of benzene rings is 2. The van der Waals surface area contributed by atoms with Gasteiger partial charge in [-0.25, -0.2) is 0 Å². The first-order chi connectivity index (χ1) is 10.7. The van der Waals surface area contributed by atoms with Gasteiger partial charge in [0.2, 0.25) is 0 Å². The summed E-state index contributed by atoms with van der Waals surface area (Å²) < 4.78 is 0. The van der Waals surface area contributed by atoms with E-state index in [1.165, 1.54) is 16.7 Å². The molecule has 2 rings (SSSR count). The van der Waals surface area contributed by atoms with Crippen molar-refractivity contribution in [2.75, 3.05) is 6.61 Å². The topological polar surface area (TPSA) is 32.3 Å². The Morgan fingerprint density at radius 1 is 0.909 bits per heavy atom. The van der Waals surface area contributed by atoms with E-state index in [1.807, 2.05) is 6.07 Å². The van der Waals surface area contributed by atoms with Crippen LogP contribution in [0, 0.1) is 6.92 Å². The Hall–Kier alpha value is -1.64. The molecule has 0 aliphatic heterocycles. The fourth-order valence-electron chi connectivity index (χ4n) is 2.82. The Balaban J connectivity index is 2.15. The molecule has 0 aromatic heterocycles. The third-order valence-corrected chi connectivity index (χ3v) is 4.14. The minimum absolute atomic E-state index is 0.242. The van der Waals surface area contributed by atoms with Crippen LogP contribution in [0.3, 0.4) is 0 Å². The molecule has 0 saturated heterocycles. The maximum Gasteiger partial charge on any atom is 0.0431 e. The van der Waals surface area contributed by atoms with Crippen LogP contribution in [-0.2, 0) is 0 Å². The first-order valence-corrected chi connectivity index (χ1v) is 8.23. The summed E-state index contributed by atoms with van der Waals surface area (Å²) in [5.41, 5.74) is 3.91. The van der Waals surface area contributed by atoms with Gasteiger partial charge in [0.25, 0.3) is 0 Å². The number of rotatable bonds is 8. The van der Waals surface area contributed by atoms with Crippen LogP contribution < -0.4 is 5.32 Å². The Morgan fingerprint density at radius 3 is 2.14 bits per heavy atom. The number of aryl methyl sites for hydroxylation is 1. The van der Waals surface area contributed by atoms with Crippen LogP contribution in [0.2, 0.25) is 0 Å². The zero-order valence-electron chi connectivity index (χ0n) is 13.6. The van der Waals surface area contributed by atoms with E-state index in [1.54, 1.807) is 0 Å². The fraction of sp³-hybridized carbons (Fsp3) is 0.400. The van der Waals surface area contributed by atoms with E-state index >= 15 is 0 Å². The molecule has 2 heteroatoms. The van der Waals surface area contributed by atoms with Crippen molar-refractivity contribution in [3.63, 3.8) is 0 Å². The van der Waals surface area contributed by atoms with Crippen molar-refractivity contribution in [3.8, 4) is 0 Å². The molecule has 0 bridgehead atoms. The van der Waals surface area contributed by atoms with Gasteiger partial charge in [0.15, 0.2) is 0 Å². The Labute approximate surface area is 134 Å². The molecule has 0 fully saturated rings. The summed E-state index contributed by atoms with van der Waals surface area (Å²) in [5.74, 6) is 0. The summed E-state index contributed by atoms with van der Waals surface area (Å²) in [5, 5.41) is 13.0. The second-order valence-electron chi connectivity index (χ2n) is 5.87. The standard InChI is InChI=1S/C20H27NO/c1-3-19(18-13-11-16(2)12-14-18)21-20(10-7-15-22)17-8-5-4-6-9-17/h4-6,8-9,11-14,19-22H,3,7,10,15H2,1-2H3. The highest BCUT2D eigenvalue weighted by Gasteiger charge is 2.16. The number of aliphatic hydroxyl groups excluding tert-OH is 1. The van der Waals surface area contributed by atoms with E-state index in [0.29, 0.717) is 6.04 Å². The summed E-state index contributed by atoms with van der Waals surface area (Å²) in [6, 6.07) is 19.9. The predicted octanol–water partition coefficient (Wildman–Crippen LogP) is 4.55. The summed E-state index contributed by atoms with van der Waals surface area (Å²) in [4.78, 5) is 0. The maximum atomic E-state index is 9.17. The summed E-state index contributed by atoms with van der Waals surface area (Å²) >= 11 is 0. The van der Waals surface area contributed by atoms with Gasteiger partial charge in [-0.15, -0.1) is 0 Å². The Bertz CT molecular complexity index is 535. The number of aliphatic hydroxyl groups is 1. The largest absolute Gasteiger partial charge is 0.396 e. The predicted molar refractivity (Wildman–Crippen MR) is 92.8 cm³/mol. The van der Waals surface area contributed by atoms with Gasteiger partial charge in [0, 0.05) is 18.7 Å². The Morgan fingerprint density at radius 2 is 1.55 bits per heavy atom. The zero-order valence-corrected chi connectivity index (χ0v) is 13.6. The van der Waals surface area contributed by atoms with Gasteiger partial charge in [-0.3, -0.25) is 0 Å². The summed E-state index contributed by atoms with van der Waals surface area (Å²) in [7, 11) is 0. The van der Waals surface area contributed by atoms with Gasteiger partial charge >= 0.3 is 0 Å². The average molecular weight is 297 g/mol. The molecule has 0 amide bonds. The first-order valence-electron chi connectivity index (χ1n) is 8.23. The SMILES string of the molecule is CCC(NC(CCCO)c1ccccc1)c1ccc(C)cc1. The molecule has 0 radical (unpaired) electrons. The van der Waals surface area contributed by atoms with Gasteiger partial charge in [0.05, 0.1) is 0 Å². The number of hydrogen-bond acceptors (Lipinski definition) is 2. The lowest BCUT2D eigenvalue weighted by Crippen LogP contribution is -2.26. The van der Waals surface area contributed by atoms with Crippen molar-refractivity contribution in [2.24, 2.45) is 0 Å². The highest BCUT2D eigenvalue weighted by atomic mass is 16.2. The molecular weight excluding hydrogens is 270 g/mol. The van der Waals surface area contributed by atoms with Crippen molar-refractivity contribution in [1.29, 1.82) is 0 Å². The molecule has 2 N–H and O–H groups in total. The molecule has 0 spiro atoms. The van der Waals surface area contributed by atoms with Crippen molar-refractivity contribution in [3.05, 3.63) is 71.3 Å². The quantitative estimate of drug-likeness (QED) is 0.749. The van der Waals surface area contributed by atoms with Crippen molar-refractivity contribution < 1.29 is 5.11 Å². The average Bonchev–Trinajstić information content (AvgIpc) is 2.57. The molecule has 2 aromatic carbocycles. The van der Waals surface area contributed by atoms with E-state index < -0.39 is 0 Å². The molecule has 22 heavy (non-hydrogen) atoms. The molecule has 0 heterocycles. The van der Waals surface area contributed by atoms with Crippen LogP contribution in [0.15, 0.2) is 54.6 Å². The third-order valence-electron chi connectivity index (χ3n) is 4.14. The van der Waals surface area contributed by atoms with Gasteiger partial charge in [-0.2, -0.15) is 0 Å². The van der Waals surface area contributed by atoms with Crippen LogP contribution in [0.25, 0.3) is 0 Å². The highest BCUT2D eigenvalue weighted by molar-refractivity contribution is 5.25. The number of hydrogen-bond donors (Lipinski definition) is 2. The Kier molecular flexibility index (Phi) is 6.63. The summed E-state index contributed by atoms with van der Waals surface area (Å²) in [6.07, 6.45) is 2.81. The molecule has 0 aliphatic rings. The van der Waals surface area contributed by atoms with E-state index in [9.17, 15) is 5.11 Å². The van der Waals surface area contributed by atoms with Gasteiger partial charge in [-0.05, 0) is 37.3 Å². The zero-order chi connectivity index (χ0) is 15.8. The van der Waals surface area contributed by atoms with E-state index in [4.69, 9.17) is 0 Å². The van der Waals surface area contributed by atoms with Gasteiger partial charge < -0.3 is 10.4 Å². The molecule has 2 unspecified atom stereocenters. The fourth-order valence-corrected chi connectivity index (χ4v) is 2.82. The monoisotopic (exact) mass is 297 g/mol. The van der Waals surface area contributed by atoms with Crippen LogP contribution in [0.1, 0.15) is 55.0 Å². The normalized spacial score (nSPS) is 13.8. The molecule has 0 saturated carbocycles. The second-order valence-corrected chi connectivity index (χ2v) is 5.87. The maximum absolute atomic E-state index is 9.17. The second kappa shape index (κ2) is 8.72. The summed E-state index contributed by atoms with van der Waals surface area (Å²) in [6.45, 7) is 4.57. The van der Waals surface area contributed by atoms with Gasteiger partial charge in [0.1, 0.15) is 0 Å².